The topological polar surface area (TPSA) is 72.0 Å². The van der Waals surface area contributed by atoms with Gasteiger partial charge in [0, 0.05) is 16.7 Å². The predicted octanol–water partition coefficient (Wildman–Crippen LogP) is 3.21. The molecular weight excluding hydrogens is 322 g/mol. The summed E-state index contributed by atoms with van der Waals surface area (Å²) >= 11 is 3.40. The molecule has 0 unspecified atom stereocenters. The number of halogens is 1. The molecule has 1 heterocycles. The van der Waals surface area contributed by atoms with Crippen molar-refractivity contribution >= 4 is 33.5 Å². The Balaban J connectivity index is 2.22. The molecule has 1 aromatic carbocycles. The second kappa shape index (κ2) is 7.04. The molecule has 0 aliphatic heterocycles. The third-order valence-corrected chi connectivity index (χ3v) is 2.85. The molecule has 1 aromatic heterocycles. The van der Waals surface area contributed by atoms with Crippen LogP contribution >= 0.6 is 15.9 Å². The van der Waals surface area contributed by atoms with Crippen LogP contribution in [0.1, 0.15) is 13.8 Å². The molecule has 6 nitrogen and oxygen atoms in total. The van der Waals surface area contributed by atoms with Crippen LogP contribution in [-0.4, -0.2) is 28.1 Å². The summed E-state index contributed by atoms with van der Waals surface area (Å²) in [5.74, 6) is 0.937. The lowest BCUT2D eigenvalue weighted by Crippen LogP contribution is -2.08. The van der Waals surface area contributed by atoms with Crippen molar-refractivity contribution in [3.63, 3.8) is 0 Å². The molecule has 0 amide bonds. The summed E-state index contributed by atoms with van der Waals surface area (Å²) < 4.78 is 6.36. The molecule has 0 bridgehead atoms. The van der Waals surface area contributed by atoms with Gasteiger partial charge in [0.2, 0.25) is 11.9 Å². The Bertz CT molecular complexity index is 537. The lowest BCUT2D eigenvalue weighted by Gasteiger charge is -2.09. The van der Waals surface area contributed by atoms with Gasteiger partial charge in [0.15, 0.2) is 0 Å². The fraction of sp³-hybridized carbons (Fsp3) is 0.308. The van der Waals surface area contributed by atoms with E-state index in [4.69, 9.17) is 4.74 Å². The first-order valence-corrected chi connectivity index (χ1v) is 7.16. The van der Waals surface area contributed by atoms with Gasteiger partial charge in [-0.15, -0.1) is 0 Å². The lowest BCUT2D eigenvalue weighted by atomic mass is 10.3. The minimum Gasteiger partial charge on any atom is -0.464 e. The van der Waals surface area contributed by atoms with Crippen LogP contribution in [0.4, 0.5) is 17.6 Å². The molecule has 106 valence electrons. The van der Waals surface area contributed by atoms with Crippen LogP contribution in [0.25, 0.3) is 0 Å². The van der Waals surface area contributed by atoms with E-state index in [1.807, 2.05) is 38.1 Å². The Morgan fingerprint density at radius 1 is 1.05 bits per heavy atom. The van der Waals surface area contributed by atoms with Crippen molar-refractivity contribution in [2.45, 2.75) is 13.8 Å². The van der Waals surface area contributed by atoms with Gasteiger partial charge in [-0.2, -0.15) is 15.0 Å². The zero-order valence-corrected chi connectivity index (χ0v) is 12.9. The average molecular weight is 338 g/mol. The summed E-state index contributed by atoms with van der Waals surface area (Å²) in [6.07, 6.45) is 0. The molecule has 0 saturated carbocycles. The fourth-order valence-corrected chi connectivity index (χ4v) is 1.77. The third kappa shape index (κ3) is 4.06. The highest BCUT2D eigenvalue weighted by atomic mass is 79.9. The Kier molecular flexibility index (Phi) is 5.11. The van der Waals surface area contributed by atoms with Crippen molar-refractivity contribution in [2.24, 2.45) is 0 Å². The van der Waals surface area contributed by atoms with E-state index in [9.17, 15) is 0 Å². The number of hydrogen-bond donors (Lipinski definition) is 2. The summed E-state index contributed by atoms with van der Waals surface area (Å²) in [4.78, 5) is 12.7. The smallest absolute Gasteiger partial charge is 0.323 e. The van der Waals surface area contributed by atoms with Gasteiger partial charge in [-0.05, 0) is 38.1 Å². The highest BCUT2D eigenvalue weighted by Crippen LogP contribution is 2.19. The largest absolute Gasteiger partial charge is 0.464 e. The summed E-state index contributed by atoms with van der Waals surface area (Å²) in [7, 11) is 0. The van der Waals surface area contributed by atoms with E-state index in [-0.39, 0.29) is 0 Å². The van der Waals surface area contributed by atoms with Gasteiger partial charge < -0.3 is 15.4 Å². The number of rotatable bonds is 6. The molecule has 2 rings (SSSR count). The number of nitrogens with zero attached hydrogens (tertiary/aromatic N) is 3. The van der Waals surface area contributed by atoms with Crippen molar-refractivity contribution in [2.75, 3.05) is 23.8 Å². The zero-order valence-electron chi connectivity index (χ0n) is 11.4. The third-order valence-electron chi connectivity index (χ3n) is 2.32. The lowest BCUT2D eigenvalue weighted by molar-refractivity contribution is 0.312. The van der Waals surface area contributed by atoms with Crippen LogP contribution in [-0.2, 0) is 0 Å². The average Bonchev–Trinajstić information content (AvgIpc) is 2.42. The number of benzene rings is 1. The maximum Gasteiger partial charge on any atom is 0.323 e. The Morgan fingerprint density at radius 2 is 1.75 bits per heavy atom. The highest BCUT2D eigenvalue weighted by molar-refractivity contribution is 9.10. The van der Waals surface area contributed by atoms with Crippen molar-refractivity contribution < 1.29 is 4.74 Å². The second-order valence-electron chi connectivity index (χ2n) is 3.86. The van der Waals surface area contributed by atoms with Crippen molar-refractivity contribution in [1.29, 1.82) is 0 Å². The van der Waals surface area contributed by atoms with Crippen LogP contribution in [0.3, 0.4) is 0 Å². The van der Waals surface area contributed by atoms with Gasteiger partial charge in [-0.3, -0.25) is 0 Å². The Morgan fingerprint density at radius 3 is 2.40 bits per heavy atom. The molecule has 0 spiro atoms. The Hall–Kier alpha value is -1.89. The van der Waals surface area contributed by atoms with E-state index in [0.717, 1.165) is 16.7 Å². The molecular formula is C13H16BrN5O. The first-order valence-electron chi connectivity index (χ1n) is 6.36. The second-order valence-corrected chi connectivity index (χ2v) is 4.78. The SMILES string of the molecule is CCNc1nc(Nc2ccc(Br)cc2)nc(OCC)n1. The van der Waals surface area contributed by atoms with Crippen molar-refractivity contribution in [1.82, 2.24) is 15.0 Å². The first-order chi connectivity index (χ1) is 9.71. The molecule has 0 saturated heterocycles. The van der Waals surface area contributed by atoms with E-state index in [0.29, 0.717) is 24.5 Å². The molecule has 0 atom stereocenters. The molecule has 0 aliphatic carbocycles. The number of aromatic nitrogens is 3. The quantitative estimate of drug-likeness (QED) is 0.843. The van der Waals surface area contributed by atoms with Gasteiger partial charge in [0.05, 0.1) is 6.61 Å². The van der Waals surface area contributed by atoms with E-state index in [1.165, 1.54) is 0 Å². The summed E-state index contributed by atoms with van der Waals surface area (Å²) in [6, 6.07) is 8.05. The Labute approximate surface area is 126 Å². The number of anilines is 3. The zero-order chi connectivity index (χ0) is 14.4. The van der Waals surface area contributed by atoms with E-state index in [1.54, 1.807) is 0 Å². The van der Waals surface area contributed by atoms with Gasteiger partial charge in [0.25, 0.3) is 0 Å². The van der Waals surface area contributed by atoms with Crippen LogP contribution in [0.5, 0.6) is 6.01 Å². The molecule has 2 N–H and O–H groups in total. The molecule has 0 aliphatic rings. The van der Waals surface area contributed by atoms with E-state index < -0.39 is 0 Å². The van der Waals surface area contributed by atoms with Gasteiger partial charge in [0.1, 0.15) is 0 Å². The first kappa shape index (κ1) is 14.5. The van der Waals surface area contributed by atoms with Crippen LogP contribution < -0.4 is 15.4 Å². The van der Waals surface area contributed by atoms with Gasteiger partial charge in [-0.1, -0.05) is 15.9 Å². The maximum absolute atomic E-state index is 5.34. The van der Waals surface area contributed by atoms with Gasteiger partial charge >= 0.3 is 6.01 Å². The molecule has 0 radical (unpaired) electrons. The van der Waals surface area contributed by atoms with Crippen LogP contribution in [0.15, 0.2) is 28.7 Å². The van der Waals surface area contributed by atoms with Crippen LogP contribution in [0.2, 0.25) is 0 Å². The molecule has 20 heavy (non-hydrogen) atoms. The molecule has 7 heteroatoms. The highest BCUT2D eigenvalue weighted by Gasteiger charge is 2.07. The molecule has 0 fully saturated rings. The minimum atomic E-state index is 0.304. The summed E-state index contributed by atoms with van der Waals surface area (Å²) in [5.41, 5.74) is 0.893. The molecule has 2 aromatic rings. The monoisotopic (exact) mass is 337 g/mol. The normalized spacial score (nSPS) is 10.2. The van der Waals surface area contributed by atoms with E-state index >= 15 is 0 Å². The van der Waals surface area contributed by atoms with E-state index in [2.05, 4.69) is 41.5 Å². The van der Waals surface area contributed by atoms with Crippen molar-refractivity contribution in [3.05, 3.63) is 28.7 Å². The summed E-state index contributed by atoms with van der Waals surface area (Å²) in [5, 5.41) is 6.18. The number of ether oxygens (including phenoxy) is 1. The number of hydrogen-bond acceptors (Lipinski definition) is 6. The standard InChI is InChI=1S/C13H16BrN5O/c1-3-15-11-17-12(19-13(18-11)20-4-2)16-10-7-5-9(14)6-8-10/h5-8H,3-4H2,1-2H3,(H2,15,16,17,18,19). The van der Waals surface area contributed by atoms with Gasteiger partial charge in [-0.25, -0.2) is 0 Å². The fourth-order valence-electron chi connectivity index (χ4n) is 1.51. The number of nitrogens with one attached hydrogen (secondary N) is 2. The predicted molar refractivity (Wildman–Crippen MR) is 82.6 cm³/mol. The summed E-state index contributed by atoms with van der Waals surface area (Å²) in [6.45, 7) is 5.10. The van der Waals surface area contributed by atoms with Crippen molar-refractivity contribution in [3.8, 4) is 6.01 Å². The van der Waals surface area contributed by atoms with Crippen LogP contribution in [0, 0.1) is 0 Å². The minimum absolute atomic E-state index is 0.304. The maximum atomic E-state index is 5.34.